The molecule has 0 aromatic carbocycles. The molecule has 2 rings (SSSR count). The molecular weight excluding hydrogens is 204 g/mol. The van der Waals surface area contributed by atoms with Crippen LogP contribution in [0.3, 0.4) is 0 Å². The van der Waals surface area contributed by atoms with Crippen molar-refractivity contribution < 1.29 is 4.74 Å². The number of hydrazine groups is 1. The predicted molar refractivity (Wildman–Crippen MR) is 61.5 cm³/mol. The summed E-state index contributed by atoms with van der Waals surface area (Å²) < 4.78 is 7.53. The number of hydrogen-bond acceptors (Lipinski definition) is 4. The first-order valence-corrected chi connectivity index (χ1v) is 5.85. The summed E-state index contributed by atoms with van der Waals surface area (Å²) >= 11 is 0. The molecule has 90 valence electrons. The molecule has 3 N–H and O–H groups in total. The maximum absolute atomic E-state index is 5.59. The second kappa shape index (κ2) is 5.43. The SMILES string of the molecule is Cn1cnc(C(CCC2CCCO2)NN)c1. The Morgan fingerprint density at radius 2 is 2.62 bits per heavy atom. The molecule has 1 aliphatic rings. The zero-order valence-electron chi connectivity index (χ0n) is 9.72. The van der Waals surface area contributed by atoms with Crippen molar-refractivity contribution in [3.05, 3.63) is 18.2 Å². The van der Waals surface area contributed by atoms with E-state index in [0.717, 1.165) is 25.1 Å². The maximum Gasteiger partial charge on any atom is 0.0947 e. The van der Waals surface area contributed by atoms with Gasteiger partial charge < -0.3 is 9.30 Å². The molecule has 0 bridgehead atoms. The Hall–Kier alpha value is -0.910. The van der Waals surface area contributed by atoms with Gasteiger partial charge in [0, 0.05) is 19.9 Å². The van der Waals surface area contributed by atoms with Gasteiger partial charge in [0.05, 0.1) is 24.2 Å². The van der Waals surface area contributed by atoms with Crippen LogP contribution >= 0.6 is 0 Å². The van der Waals surface area contributed by atoms with Gasteiger partial charge in [0.25, 0.3) is 0 Å². The molecule has 2 unspecified atom stereocenters. The van der Waals surface area contributed by atoms with Crippen LogP contribution in [0.2, 0.25) is 0 Å². The highest BCUT2D eigenvalue weighted by Gasteiger charge is 2.19. The molecule has 1 aromatic rings. The molecule has 0 radical (unpaired) electrons. The fourth-order valence-electron chi connectivity index (χ4n) is 2.15. The minimum atomic E-state index is 0.130. The molecule has 0 amide bonds. The van der Waals surface area contributed by atoms with E-state index in [2.05, 4.69) is 10.4 Å². The lowest BCUT2D eigenvalue weighted by Crippen LogP contribution is -2.29. The van der Waals surface area contributed by atoms with Crippen molar-refractivity contribution in [3.63, 3.8) is 0 Å². The maximum atomic E-state index is 5.59. The molecule has 1 saturated heterocycles. The Morgan fingerprint density at radius 1 is 1.75 bits per heavy atom. The monoisotopic (exact) mass is 224 g/mol. The van der Waals surface area contributed by atoms with Gasteiger partial charge >= 0.3 is 0 Å². The van der Waals surface area contributed by atoms with Gasteiger partial charge in [-0.05, 0) is 25.7 Å². The van der Waals surface area contributed by atoms with Gasteiger partial charge in [-0.2, -0.15) is 0 Å². The molecule has 1 aliphatic heterocycles. The van der Waals surface area contributed by atoms with E-state index in [1.165, 1.54) is 12.8 Å². The van der Waals surface area contributed by atoms with Crippen molar-refractivity contribution in [2.45, 2.75) is 37.8 Å². The van der Waals surface area contributed by atoms with Crippen LogP contribution in [0.4, 0.5) is 0 Å². The van der Waals surface area contributed by atoms with Gasteiger partial charge in [0.2, 0.25) is 0 Å². The van der Waals surface area contributed by atoms with E-state index in [1.807, 2.05) is 17.8 Å². The molecule has 16 heavy (non-hydrogen) atoms. The quantitative estimate of drug-likeness (QED) is 0.575. The largest absolute Gasteiger partial charge is 0.378 e. The Kier molecular flexibility index (Phi) is 3.93. The van der Waals surface area contributed by atoms with Crippen molar-refractivity contribution in [1.82, 2.24) is 15.0 Å². The summed E-state index contributed by atoms with van der Waals surface area (Å²) in [4.78, 5) is 4.31. The number of imidazole rings is 1. The van der Waals surface area contributed by atoms with E-state index in [0.29, 0.717) is 6.10 Å². The summed E-state index contributed by atoms with van der Waals surface area (Å²) in [6.45, 7) is 0.912. The summed E-state index contributed by atoms with van der Waals surface area (Å²) in [6, 6.07) is 0.130. The molecule has 5 nitrogen and oxygen atoms in total. The third kappa shape index (κ3) is 2.81. The lowest BCUT2D eigenvalue weighted by Gasteiger charge is -2.15. The van der Waals surface area contributed by atoms with Gasteiger partial charge in [-0.15, -0.1) is 0 Å². The van der Waals surface area contributed by atoms with Crippen LogP contribution in [0.25, 0.3) is 0 Å². The lowest BCUT2D eigenvalue weighted by molar-refractivity contribution is 0.0995. The molecule has 1 fully saturated rings. The van der Waals surface area contributed by atoms with Crippen molar-refractivity contribution in [2.75, 3.05) is 6.61 Å². The van der Waals surface area contributed by atoms with Crippen LogP contribution in [0.5, 0.6) is 0 Å². The Labute approximate surface area is 96.0 Å². The number of aryl methyl sites for hydroxylation is 1. The third-order valence-electron chi connectivity index (χ3n) is 3.08. The molecule has 0 aliphatic carbocycles. The van der Waals surface area contributed by atoms with Crippen molar-refractivity contribution in [3.8, 4) is 0 Å². The van der Waals surface area contributed by atoms with E-state index in [1.54, 1.807) is 6.33 Å². The van der Waals surface area contributed by atoms with E-state index in [4.69, 9.17) is 10.6 Å². The van der Waals surface area contributed by atoms with Crippen LogP contribution in [-0.4, -0.2) is 22.3 Å². The molecular formula is C11H20N4O. The average Bonchev–Trinajstić information content (AvgIpc) is 2.91. The zero-order valence-corrected chi connectivity index (χ0v) is 9.72. The van der Waals surface area contributed by atoms with Crippen LogP contribution in [-0.2, 0) is 11.8 Å². The number of aromatic nitrogens is 2. The fourth-order valence-corrected chi connectivity index (χ4v) is 2.15. The van der Waals surface area contributed by atoms with E-state index in [-0.39, 0.29) is 6.04 Å². The summed E-state index contributed by atoms with van der Waals surface area (Å²) in [6.07, 6.45) is 8.60. The predicted octanol–water partition coefficient (Wildman–Crippen LogP) is 0.884. The molecule has 0 spiro atoms. The minimum Gasteiger partial charge on any atom is -0.378 e. The first-order valence-electron chi connectivity index (χ1n) is 5.85. The summed E-state index contributed by atoms with van der Waals surface area (Å²) in [5.74, 6) is 5.56. The van der Waals surface area contributed by atoms with Crippen LogP contribution in [0.1, 0.15) is 37.4 Å². The van der Waals surface area contributed by atoms with Gasteiger partial charge in [0.1, 0.15) is 0 Å². The highest BCUT2D eigenvalue weighted by atomic mass is 16.5. The second-order valence-corrected chi connectivity index (χ2v) is 4.40. The molecule has 2 heterocycles. The first kappa shape index (κ1) is 11.6. The van der Waals surface area contributed by atoms with Gasteiger partial charge in [-0.1, -0.05) is 0 Å². The number of rotatable bonds is 5. The normalized spacial score (nSPS) is 22.5. The van der Waals surface area contributed by atoms with Crippen LogP contribution in [0.15, 0.2) is 12.5 Å². The summed E-state index contributed by atoms with van der Waals surface area (Å²) in [7, 11) is 1.96. The second-order valence-electron chi connectivity index (χ2n) is 4.40. The first-order chi connectivity index (χ1) is 7.79. The van der Waals surface area contributed by atoms with E-state index in [9.17, 15) is 0 Å². The standard InChI is InChI=1S/C11H20N4O/c1-15-7-11(13-8-15)10(14-12)5-4-9-3-2-6-16-9/h7-10,14H,2-6,12H2,1H3. The minimum absolute atomic E-state index is 0.130. The fraction of sp³-hybridized carbons (Fsp3) is 0.727. The highest BCUT2D eigenvalue weighted by molar-refractivity contribution is 5.03. The molecule has 2 atom stereocenters. The van der Waals surface area contributed by atoms with Gasteiger partial charge in [-0.25, -0.2) is 4.98 Å². The molecule has 1 aromatic heterocycles. The van der Waals surface area contributed by atoms with Crippen LogP contribution in [0, 0.1) is 0 Å². The highest BCUT2D eigenvalue weighted by Crippen LogP contribution is 2.22. The van der Waals surface area contributed by atoms with Crippen molar-refractivity contribution in [1.29, 1.82) is 0 Å². The number of hydrogen-bond donors (Lipinski definition) is 2. The van der Waals surface area contributed by atoms with Crippen molar-refractivity contribution in [2.24, 2.45) is 12.9 Å². The van der Waals surface area contributed by atoms with Crippen molar-refractivity contribution >= 4 is 0 Å². The molecule has 5 heteroatoms. The number of ether oxygens (including phenoxy) is 1. The summed E-state index contributed by atoms with van der Waals surface area (Å²) in [5.41, 5.74) is 3.83. The Bertz CT molecular complexity index is 320. The smallest absolute Gasteiger partial charge is 0.0947 e. The zero-order chi connectivity index (χ0) is 11.4. The van der Waals surface area contributed by atoms with Crippen LogP contribution < -0.4 is 11.3 Å². The third-order valence-corrected chi connectivity index (χ3v) is 3.08. The lowest BCUT2D eigenvalue weighted by atomic mass is 10.0. The Morgan fingerprint density at radius 3 is 3.19 bits per heavy atom. The number of nitrogens with two attached hydrogens (primary N) is 1. The number of nitrogens with zero attached hydrogens (tertiary/aromatic N) is 2. The van der Waals surface area contributed by atoms with Gasteiger partial charge in [0.15, 0.2) is 0 Å². The Balaban J connectivity index is 1.85. The van der Waals surface area contributed by atoms with E-state index >= 15 is 0 Å². The molecule has 0 saturated carbocycles. The van der Waals surface area contributed by atoms with Gasteiger partial charge in [-0.3, -0.25) is 11.3 Å². The number of nitrogens with one attached hydrogen (secondary N) is 1. The topological polar surface area (TPSA) is 65.1 Å². The average molecular weight is 224 g/mol. The summed E-state index contributed by atoms with van der Waals surface area (Å²) in [5, 5.41) is 0. The van der Waals surface area contributed by atoms with E-state index < -0.39 is 0 Å².